The zero-order valence-corrected chi connectivity index (χ0v) is 17.1. The van der Waals surface area contributed by atoms with Gasteiger partial charge in [0.15, 0.2) is 5.65 Å². The van der Waals surface area contributed by atoms with E-state index in [0.29, 0.717) is 12.4 Å². The van der Waals surface area contributed by atoms with Crippen molar-refractivity contribution in [1.29, 1.82) is 0 Å². The number of aliphatic hydroxyl groups is 1. The van der Waals surface area contributed by atoms with E-state index in [0.717, 1.165) is 12.8 Å². The number of nitrogens with zero attached hydrogens (tertiary/aromatic N) is 4. The zero-order chi connectivity index (χ0) is 20.7. The highest BCUT2D eigenvalue weighted by atomic mass is 35.5. The Morgan fingerprint density at radius 3 is 2.68 bits per heavy atom. The molecule has 2 heterocycles. The minimum Gasteiger partial charge on any atom is -0.443 e. The fourth-order valence-corrected chi connectivity index (χ4v) is 2.85. The first kappa shape index (κ1) is 20.3. The average Bonchev–Trinajstić information content (AvgIpc) is 3.28. The number of ether oxygens (including phenoxy) is 1. The molecule has 1 aliphatic rings. The van der Waals surface area contributed by atoms with Crippen LogP contribution >= 0.6 is 11.6 Å². The van der Waals surface area contributed by atoms with E-state index >= 15 is 0 Å². The van der Waals surface area contributed by atoms with Crippen LogP contribution in [0.3, 0.4) is 0 Å². The fourth-order valence-electron chi connectivity index (χ4n) is 2.67. The average molecular weight is 410 g/mol. The van der Waals surface area contributed by atoms with Crippen LogP contribution in [0.2, 0.25) is 5.15 Å². The molecule has 2 aromatic heterocycles. The Labute approximate surface area is 167 Å². The van der Waals surface area contributed by atoms with Gasteiger partial charge in [-0.1, -0.05) is 11.6 Å². The van der Waals surface area contributed by atoms with Gasteiger partial charge in [0.2, 0.25) is 0 Å². The Bertz CT molecular complexity index is 917. The van der Waals surface area contributed by atoms with E-state index < -0.39 is 11.7 Å². The second-order valence-electron chi connectivity index (χ2n) is 8.11. The van der Waals surface area contributed by atoms with Crippen LogP contribution in [-0.4, -0.2) is 57.5 Å². The monoisotopic (exact) mass is 409 g/mol. The number of halogens is 1. The number of carbonyl (C=O) groups excluding carboxylic acids is 2. The molecule has 152 valence electrons. The van der Waals surface area contributed by atoms with Crippen molar-refractivity contribution in [2.24, 2.45) is 5.41 Å². The second-order valence-corrected chi connectivity index (χ2v) is 8.50. The van der Waals surface area contributed by atoms with Gasteiger partial charge in [-0.15, -0.1) is 0 Å². The number of hydrogen-bond acceptors (Lipinski definition) is 6. The number of fused-ring (bicyclic) bond motifs is 1. The molecule has 1 saturated carbocycles. The van der Waals surface area contributed by atoms with Crippen molar-refractivity contribution in [2.75, 3.05) is 25.1 Å². The van der Waals surface area contributed by atoms with Gasteiger partial charge in [0.25, 0.3) is 5.91 Å². The maximum atomic E-state index is 12.6. The Kier molecular flexibility index (Phi) is 5.24. The van der Waals surface area contributed by atoms with Crippen molar-refractivity contribution >= 4 is 35.1 Å². The Hall–Kier alpha value is -2.39. The summed E-state index contributed by atoms with van der Waals surface area (Å²) >= 11 is 6.13. The van der Waals surface area contributed by atoms with Gasteiger partial charge in [0.05, 0.1) is 12.8 Å². The smallest absolute Gasteiger partial charge is 0.415 e. The van der Waals surface area contributed by atoms with E-state index in [1.165, 1.54) is 28.7 Å². The van der Waals surface area contributed by atoms with Gasteiger partial charge in [-0.2, -0.15) is 9.61 Å². The minimum absolute atomic E-state index is 0.0386. The summed E-state index contributed by atoms with van der Waals surface area (Å²) in [5, 5.41) is 16.5. The number of aromatic nitrogens is 3. The second kappa shape index (κ2) is 7.21. The van der Waals surface area contributed by atoms with Crippen LogP contribution in [0, 0.1) is 5.41 Å². The molecule has 9 nitrogen and oxygen atoms in total. The van der Waals surface area contributed by atoms with Gasteiger partial charge in [-0.25, -0.2) is 9.78 Å². The zero-order valence-electron chi connectivity index (χ0n) is 16.3. The molecule has 2 amide bonds. The molecule has 1 aliphatic carbocycles. The van der Waals surface area contributed by atoms with Gasteiger partial charge < -0.3 is 15.2 Å². The van der Waals surface area contributed by atoms with Crippen LogP contribution in [0.15, 0.2) is 12.3 Å². The summed E-state index contributed by atoms with van der Waals surface area (Å²) in [6.07, 6.45) is 2.55. The molecular formula is C18H24ClN5O4. The van der Waals surface area contributed by atoms with Crippen molar-refractivity contribution < 1.29 is 19.4 Å². The molecule has 2 aromatic rings. The number of hydrogen-bond donors (Lipinski definition) is 2. The number of aliphatic hydroxyl groups excluding tert-OH is 1. The number of nitrogens with one attached hydrogen (secondary N) is 1. The highest BCUT2D eigenvalue weighted by Crippen LogP contribution is 2.44. The molecule has 1 fully saturated rings. The van der Waals surface area contributed by atoms with E-state index in [1.807, 2.05) is 0 Å². The quantitative estimate of drug-likeness (QED) is 0.733. The Morgan fingerprint density at radius 1 is 1.43 bits per heavy atom. The summed E-state index contributed by atoms with van der Waals surface area (Å²) in [7, 11) is 1.53. The van der Waals surface area contributed by atoms with E-state index in [4.69, 9.17) is 16.3 Å². The molecule has 0 spiro atoms. The van der Waals surface area contributed by atoms with Gasteiger partial charge >= 0.3 is 6.09 Å². The molecule has 0 saturated heterocycles. The standard InChI is InChI=1S/C18H24ClN5O4/c1-17(2,3)28-16(27)23(4)13-7-12(19)22-14-11(8-21-24(13)14)15(26)20-9-18(10-25)5-6-18/h7-8,25H,5-6,9-10H2,1-4H3,(H,20,26). The van der Waals surface area contributed by atoms with Crippen LogP contribution in [0.4, 0.5) is 10.6 Å². The van der Waals surface area contributed by atoms with Crippen LogP contribution in [0.5, 0.6) is 0 Å². The third-order valence-electron chi connectivity index (χ3n) is 4.59. The van der Waals surface area contributed by atoms with Gasteiger partial charge in [0.1, 0.15) is 22.1 Å². The first-order valence-corrected chi connectivity index (χ1v) is 9.33. The number of anilines is 1. The molecule has 0 aromatic carbocycles. The van der Waals surface area contributed by atoms with Crippen LogP contribution in [-0.2, 0) is 4.74 Å². The number of rotatable bonds is 5. The van der Waals surface area contributed by atoms with Crippen molar-refractivity contribution in [3.63, 3.8) is 0 Å². The molecule has 0 bridgehead atoms. The SMILES string of the molecule is CN(C(=O)OC(C)(C)C)c1cc(Cl)nc2c(C(=O)NCC3(CO)CC3)cnn12. The molecule has 0 aliphatic heterocycles. The normalized spacial score (nSPS) is 15.4. The largest absolute Gasteiger partial charge is 0.443 e. The van der Waals surface area contributed by atoms with E-state index in [9.17, 15) is 14.7 Å². The summed E-state index contributed by atoms with van der Waals surface area (Å²) in [5.74, 6) is -0.0484. The van der Waals surface area contributed by atoms with Gasteiger partial charge in [-0.3, -0.25) is 9.69 Å². The predicted octanol–water partition coefficient (Wildman–Crippen LogP) is 2.26. The summed E-state index contributed by atoms with van der Waals surface area (Å²) < 4.78 is 6.74. The van der Waals surface area contributed by atoms with Crippen LogP contribution < -0.4 is 10.2 Å². The summed E-state index contributed by atoms with van der Waals surface area (Å²) in [6.45, 7) is 5.72. The lowest BCUT2D eigenvalue weighted by molar-refractivity contribution is 0.0587. The molecule has 28 heavy (non-hydrogen) atoms. The van der Waals surface area contributed by atoms with Crippen LogP contribution in [0.25, 0.3) is 5.65 Å². The fraction of sp³-hybridized carbons (Fsp3) is 0.556. The topological polar surface area (TPSA) is 109 Å². The first-order chi connectivity index (χ1) is 13.1. The Morgan fingerprint density at radius 2 is 2.11 bits per heavy atom. The summed E-state index contributed by atoms with van der Waals surface area (Å²) in [5.41, 5.74) is -0.424. The molecule has 0 atom stereocenters. The molecule has 10 heteroatoms. The minimum atomic E-state index is -0.665. The van der Waals surface area contributed by atoms with Crippen molar-refractivity contribution in [3.8, 4) is 0 Å². The highest BCUT2D eigenvalue weighted by Gasteiger charge is 2.42. The number of amides is 2. The third kappa shape index (κ3) is 4.20. The maximum Gasteiger partial charge on any atom is 0.415 e. The molecule has 0 radical (unpaired) electrons. The van der Waals surface area contributed by atoms with Crippen molar-refractivity contribution in [3.05, 3.63) is 23.0 Å². The molecule has 3 rings (SSSR count). The van der Waals surface area contributed by atoms with Crippen molar-refractivity contribution in [2.45, 2.75) is 39.2 Å². The van der Waals surface area contributed by atoms with E-state index in [1.54, 1.807) is 20.8 Å². The molecule has 0 unspecified atom stereocenters. The lowest BCUT2D eigenvalue weighted by Crippen LogP contribution is -2.35. The third-order valence-corrected chi connectivity index (χ3v) is 4.79. The summed E-state index contributed by atoms with van der Waals surface area (Å²) in [4.78, 5) is 30.4. The van der Waals surface area contributed by atoms with Crippen LogP contribution in [0.1, 0.15) is 44.0 Å². The molecular weight excluding hydrogens is 386 g/mol. The lowest BCUT2D eigenvalue weighted by atomic mass is 10.1. The summed E-state index contributed by atoms with van der Waals surface area (Å²) in [6, 6.07) is 1.47. The van der Waals surface area contributed by atoms with Crippen molar-refractivity contribution in [1.82, 2.24) is 19.9 Å². The van der Waals surface area contributed by atoms with E-state index in [-0.39, 0.29) is 34.3 Å². The molecule has 2 N–H and O–H groups in total. The number of carbonyl (C=O) groups is 2. The predicted molar refractivity (Wildman–Crippen MR) is 104 cm³/mol. The lowest BCUT2D eigenvalue weighted by Gasteiger charge is -2.24. The van der Waals surface area contributed by atoms with Gasteiger partial charge in [-0.05, 0) is 33.6 Å². The highest BCUT2D eigenvalue weighted by molar-refractivity contribution is 6.30. The maximum absolute atomic E-state index is 12.6. The van der Waals surface area contributed by atoms with E-state index in [2.05, 4.69) is 15.4 Å². The first-order valence-electron chi connectivity index (χ1n) is 8.95. The Balaban J connectivity index is 1.88. The van der Waals surface area contributed by atoms with Gasteiger partial charge in [0, 0.05) is 25.1 Å².